The normalized spacial score (nSPS) is 10.5. The van der Waals surface area contributed by atoms with E-state index in [1.165, 1.54) is 12.1 Å². The zero-order valence-electron chi connectivity index (χ0n) is 9.79. The van der Waals surface area contributed by atoms with Gasteiger partial charge < -0.3 is 5.73 Å². The van der Waals surface area contributed by atoms with Crippen LogP contribution in [0.25, 0.3) is 0 Å². The highest BCUT2D eigenvalue weighted by Crippen LogP contribution is 2.29. The molecule has 5 heteroatoms. The van der Waals surface area contributed by atoms with Gasteiger partial charge in [0.2, 0.25) is 0 Å². The Morgan fingerprint density at radius 2 is 1.58 bits per heavy atom. The summed E-state index contributed by atoms with van der Waals surface area (Å²) in [6.45, 7) is 0. The van der Waals surface area contributed by atoms with Crippen molar-refractivity contribution >= 4 is 46.3 Å². The number of hydrogen-bond donors (Lipinski definition) is 1. The second-order valence-corrected chi connectivity index (χ2v) is 5.27. The van der Waals surface area contributed by atoms with Crippen LogP contribution >= 0.6 is 34.8 Å². The Balaban J connectivity index is 2.28. The maximum atomic E-state index is 12.2. The predicted octanol–water partition coefficient (Wildman–Crippen LogP) is 4.65. The molecule has 0 aliphatic rings. The van der Waals surface area contributed by atoms with E-state index in [9.17, 15) is 4.79 Å². The van der Waals surface area contributed by atoms with Crippen molar-refractivity contribution in [1.82, 2.24) is 0 Å². The van der Waals surface area contributed by atoms with Crippen molar-refractivity contribution in [1.29, 1.82) is 0 Å². The molecule has 0 heterocycles. The fourth-order valence-electron chi connectivity index (χ4n) is 1.66. The van der Waals surface area contributed by atoms with E-state index in [0.29, 0.717) is 10.6 Å². The van der Waals surface area contributed by atoms with Crippen molar-refractivity contribution < 1.29 is 4.79 Å². The monoisotopic (exact) mass is 313 g/mol. The lowest BCUT2D eigenvalue weighted by Gasteiger charge is -2.07. The quantitative estimate of drug-likeness (QED) is 0.661. The summed E-state index contributed by atoms with van der Waals surface area (Å²) in [4.78, 5) is 12.2. The summed E-state index contributed by atoms with van der Waals surface area (Å²) >= 11 is 17.8. The van der Waals surface area contributed by atoms with Crippen LogP contribution in [0.1, 0.15) is 15.9 Å². The molecule has 2 N–H and O–H groups in total. The molecule has 0 unspecified atom stereocenters. The molecular formula is C14H10Cl3NO. The lowest BCUT2D eigenvalue weighted by Crippen LogP contribution is -2.05. The summed E-state index contributed by atoms with van der Waals surface area (Å²) < 4.78 is 0. The Labute approximate surface area is 126 Å². The average molecular weight is 315 g/mol. The molecule has 0 aromatic heterocycles. The molecule has 2 aromatic rings. The van der Waals surface area contributed by atoms with E-state index in [0.717, 1.165) is 5.56 Å². The predicted molar refractivity (Wildman–Crippen MR) is 80.4 cm³/mol. The third kappa shape index (κ3) is 3.21. The first-order valence-corrected chi connectivity index (χ1v) is 6.63. The van der Waals surface area contributed by atoms with E-state index in [1.807, 2.05) is 12.1 Å². The molecule has 2 nitrogen and oxygen atoms in total. The molecule has 0 aliphatic heterocycles. The number of nitrogen functional groups attached to an aromatic ring is 1. The Kier molecular flexibility index (Phi) is 4.35. The van der Waals surface area contributed by atoms with Crippen molar-refractivity contribution in [2.24, 2.45) is 0 Å². The van der Waals surface area contributed by atoms with Gasteiger partial charge in [0.05, 0.1) is 15.7 Å². The van der Waals surface area contributed by atoms with Crippen LogP contribution < -0.4 is 5.73 Å². The number of Topliss-reactive ketones (excluding diaryl/α,β-unsaturated/α-hetero) is 1. The summed E-state index contributed by atoms with van der Waals surface area (Å²) in [5, 5.41) is 1.11. The molecular weight excluding hydrogens is 305 g/mol. The molecule has 0 saturated carbocycles. The van der Waals surface area contributed by atoms with Crippen molar-refractivity contribution in [3.8, 4) is 0 Å². The SMILES string of the molecule is Nc1c(Cl)cc(C(=O)Cc2ccccc2Cl)cc1Cl. The van der Waals surface area contributed by atoms with E-state index in [1.54, 1.807) is 12.1 Å². The minimum Gasteiger partial charge on any atom is -0.396 e. The maximum Gasteiger partial charge on any atom is 0.167 e. The highest BCUT2D eigenvalue weighted by molar-refractivity contribution is 6.39. The first kappa shape index (κ1) is 14.2. The number of nitrogens with two attached hydrogens (primary N) is 1. The Hall–Kier alpha value is -1.22. The lowest BCUT2D eigenvalue weighted by molar-refractivity contribution is 0.0993. The number of halogens is 3. The molecule has 0 radical (unpaired) electrons. The third-order valence-corrected chi connectivity index (χ3v) is 3.70. The topological polar surface area (TPSA) is 43.1 Å². The number of carbonyl (C=O) groups is 1. The molecule has 98 valence electrons. The molecule has 0 bridgehead atoms. The zero-order valence-corrected chi connectivity index (χ0v) is 12.1. The number of anilines is 1. The van der Waals surface area contributed by atoms with Gasteiger partial charge in [0.15, 0.2) is 5.78 Å². The van der Waals surface area contributed by atoms with Crippen LogP contribution in [0.2, 0.25) is 15.1 Å². The van der Waals surface area contributed by atoms with Gasteiger partial charge in [0.1, 0.15) is 0 Å². The number of benzene rings is 2. The standard InChI is InChI=1S/C14H10Cl3NO/c15-10-4-2-1-3-8(10)7-13(19)9-5-11(16)14(18)12(17)6-9/h1-6H,7,18H2. The molecule has 2 rings (SSSR count). The largest absolute Gasteiger partial charge is 0.396 e. The van der Waals surface area contributed by atoms with E-state index in [2.05, 4.69) is 0 Å². The van der Waals surface area contributed by atoms with Gasteiger partial charge in [-0.3, -0.25) is 4.79 Å². The van der Waals surface area contributed by atoms with E-state index in [4.69, 9.17) is 40.5 Å². The van der Waals surface area contributed by atoms with E-state index >= 15 is 0 Å². The molecule has 0 atom stereocenters. The Morgan fingerprint density at radius 3 is 2.16 bits per heavy atom. The van der Waals surface area contributed by atoms with Crippen LogP contribution in [0, 0.1) is 0 Å². The van der Waals surface area contributed by atoms with Crippen LogP contribution in [0.5, 0.6) is 0 Å². The smallest absolute Gasteiger partial charge is 0.167 e. The van der Waals surface area contributed by atoms with Gasteiger partial charge in [-0.15, -0.1) is 0 Å². The lowest BCUT2D eigenvalue weighted by atomic mass is 10.0. The van der Waals surface area contributed by atoms with E-state index < -0.39 is 0 Å². The van der Waals surface area contributed by atoms with E-state index in [-0.39, 0.29) is 27.9 Å². The number of hydrogen-bond acceptors (Lipinski definition) is 2. The minimum atomic E-state index is -0.114. The fraction of sp³-hybridized carbons (Fsp3) is 0.0714. The molecule has 0 aliphatic carbocycles. The van der Waals surface area contributed by atoms with Crippen molar-refractivity contribution in [3.63, 3.8) is 0 Å². The number of ketones is 1. The molecule has 0 spiro atoms. The summed E-state index contributed by atoms with van der Waals surface area (Å²) in [6, 6.07) is 10.2. The fourth-order valence-corrected chi connectivity index (χ4v) is 2.35. The molecule has 0 fully saturated rings. The summed E-state index contributed by atoms with van der Waals surface area (Å²) in [5.41, 5.74) is 7.09. The molecule has 19 heavy (non-hydrogen) atoms. The van der Waals surface area contributed by atoms with Gasteiger partial charge in [0, 0.05) is 17.0 Å². The average Bonchev–Trinajstić information content (AvgIpc) is 2.38. The Bertz CT molecular complexity index is 617. The van der Waals surface area contributed by atoms with Gasteiger partial charge in [-0.2, -0.15) is 0 Å². The zero-order chi connectivity index (χ0) is 14.0. The van der Waals surface area contributed by atoms with Gasteiger partial charge in [-0.1, -0.05) is 53.0 Å². The second kappa shape index (κ2) is 5.83. The molecule has 0 amide bonds. The molecule has 2 aromatic carbocycles. The molecule has 0 saturated heterocycles. The van der Waals surface area contributed by atoms with Crippen LogP contribution in [-0.4, -0.2) is 5.78 Å². The van der Waals surface area contributed by atoms with Crippen molar-refractivity contribution in [3.05, 3.63) is 62.6 Å². The van der Waals surface area contributed by atoms with Gasteiger partial charge in [-0.05, 0) is 23.8 Å². The van der Waals surface area contributed by atoms with Crippen LogP contribution in [0.3, 0.4) is 0 Å². The first-order chi connectivity index (χ1) is 8.99. The highest BCUT2D eigenvalue weighted by atomic mass is 35.5. The summed E-state index contributed by atoms with van der Waals surface area (Å²) in [5.74, 6) is -0.114. The first-order valence-electron chi connectivity index (χ1n) is 5.50. The van der Waals surface area contributed by atoms with Crippen molar-refractivity contribution in [2.45, 2.75) is 6.42 Å². The minimum absolute atomic E-state index is 0.114. The maximum absolute atomic E-state index is 12.2. The van der Waals surface area contributed by atoms with Crippen LogP contribution in [0.15, 0.2) is 36.4 Å². The van der Waals surface area contributed by atoms with Gasteiger partial charge in [0.25, 0.3) is 0 Å². The number of rotatable bonds is 3. The summed E-state index contributed by atoms with van der Waals surface area (Å²) in [6.07, 6.45) is 0.191. The third-order valence-electron chi connectivity index (χ3n) is 2.71. The van der Waals surface area contributed by atoms with Gasteiger partial charge >= 0.3 is 0 Å². The van der Waals surface area contributed by atoms with Crippen LogP contribution in [-0.2, 0) is 6.42 Å². The van der Waals surface area contributed by atoms with Crippen LogP contribution in [0.4, 0.5) is 5.69 Å². The second-order valence-electron chi connectivity index (χ2n) is 4.04. The Morgan fingerprint density at radius 1 is 1.00 bits per heavy atom. The highest BCUT2D eigenvalue weighted by Gasteiger charge is 2.13. The van der Waals surface area contributed by atoms with Crippen molar-refractivity contribution in [2.75, 3.05) is 5.73 Å². The van der Waals surface area contributed by atoms with Gasteiger partial charge in [-0.25, -0.2) is 0 Å². The summed E-state index contributed by atoms with van der Waals surface area (Å²) in [7, 11) is 0. The number of carbonyl (C=O) groups excluding carboxylic acids is 1.